The molecule has 2 atom stereocenters. The van der Waals surface area contributed by atoms with Gasteiger partial charge < -0.3 is 13.9 Å². The largest absolute Gasteiger partial charge is 1.00 e. The summed E-state index contributed by atoms with van der Waals surface area (Å²) in [6, 6.07) is 9.86. The zero-order chi connectivity index (χ0) is 22.4. The third kappa shape index (κ3) is 7.64. The van der Waals surface area contributed by atoms with Gasteiger partial charge in [0.25, 0.3) is 0 Å². The number of hydrogen-bond acceptors (Lipinski definition) is 4. The van der Waals surface area contributed by atoms with E-state index in [-0.39, 0.29) is 29.6 Å². The van der Waals surface area contributed by atoms with Crippen LogP contribution in [0.3, 0.4) is 0 Å². The van der Waals surface area contributed by atoms with Gasteiger partial charge in [0.1, 0.15) is 11.5 Å². The maximum absolute atomic E-state index is 12.8. The molecular weight excluding hydrogens is 430 g/mol. The zero-order valence-electron chi connectivity index (χ0n) is 20.4. The fourth-order valence-electron chi connectivity index (χ4n) is 4.61. The van der Waals surface area contributed by atoms with Crippen molar-refractivity contribution in [2.24, 2.45) is 5.92 Å². The van der Waals surface area contributed by atoms with Crippen LogP contribution >= 0.6 is 7.82 Å². The Labute approximate surface area is 216 Å². The minimum absolute atomic E-state index is 0. The number of benzene rings is 2. The molecule has 32 heavy (non-hydrogen) atoms. The van der Waals surface area contributed by atoms with E-state index in [4.69, 9.17) is 9.05 Å². The van der Waals surface area contributed by atoms with Crippen molar-refractivity contribution in [3.05, 3.63) is 58.1 Å². The van der Waals surface area contributed by atoms with E-state index in [1.54, 1.807) is 6.07 Å². The van der Waals surface area contributed by atoms with Gasteiger partial charge in [0, 0.05) is 0 Å². The van der Waals surface area contributed by atoms with Crippen LogP contribution in [0.25, 0.3) is 0 Å². The van der Waals surface area contributed by atoms with E-state index in [1.807, 2.05) is 26.0 Å². The predicted molar refractivity (Wildman–Crippen MR) is 125 cm³/mol. The molecule has 6 heteroatoms. The van der Waals surface area contributed by atoms with Crippen LogP contribution in [0, 0.1) is 19.8 Å². The molecule has 1 aliphatic carbocycles. The van der Waals surface area contributed by atoms with E-state index in [0.717, 1.165) is 48.8 Å². The molecule has 0 heterocycles. The molecule has 170 valence electrons. The van der Waals surface area contributed by atoms with Crippen molar-refractivity contribution >= 4 is 7.82 Å². The van der Waals surface area contributed by atoms with Crippen LogP contribution in [-0.2, 0) is 23.8 Å². The van der Waals surface area contributed by atoms with Crippen molar-refractivity contribution in [3.8, 4) is 11.5 Å². The fourth-order valence-corrected chi connectivity index (χ4v) is 5.58. The molecule has 0 fully saturated rings. The summed E-state index contributed by atoms with van der Waals surface area (Å²) >= 11 is 0. The molecule has 0 spiro atoms. The SMILES string of the molecule is CCCCCc1ccc(OP(=O)([O-])Oc2c(C)cc3cc2CCC(CCC)C3)c(C)c1.[Na+]. The van der Waals surface area contributed by atoms with Gasteiger partial charge in [-0.2, -0.15) is 0 Å². The average Bonchev–Trinajstić information content (AvgIpc) is 2.87. The Morgan fingerprint density at radius 1 is 1.03 bits per heavy atom. The van der Waals surface area contributed by atoms with E-state index in [0.29, 0.717) is 17.4 Å². The fraction of sp³-hybridized carbons (Fsp3) is 0.538. The van der Waals surface area contributed by atoms with Gasteiger partial charge >= 0.3 is 37.4 Å². The van der Waals surface area contributed by atoms with Gasteiger partial charge in [-0.1, -0.05) is 63.8 Å². The summed E-state index contributed by atoms with van der Waals surface area (Å²) in [5, 5.41) is 0. The number of phosphoric acid groups is 1. The van der Waals surface area contributed by atoms with Gasteiger partial charge in [0.15, 0.2) is 0 Å². The van der Waals surface area contributed by atoms with E-state index in [1.165, 1.54) is 36.8 Å². The Balaban J connectivity index is 0.00000363. The summed E-state index contributed by atoms with van der Waals surface area (Å²) < 4.78 is 23.7. The summed E-state index contributed by atoms with van der Waals surface area (Å²) in [5.41, 5.74) is 5.10. The molecule has 0 saturated heterocycles. The maximum Gasteiger partial charge on any atom is 1.00 e. The van der Waals surface area contributed by atoms with Gasteiger partial charge in [-0.25, -0.2) is 4.57 Å². The second kappa shape index (κ2) is 12.6. The molecule has 0 N–H and O–H groups in total. The summed E-state index contributed by atoms with van der Waals surface area (Å²) in [4.78, 5) is 12.8. The normalized spacial score (nSPS) is 17.1. The molecule has 0 radical (unpaired) electrons. The number of phosphoric ester groups is 1. The van der Waals surface area contributed by atoms with Crippen molar-refractivity contribution < 1.29 is 48.1 Å². The third-order valence-corrected chi connectivity index (χ3v) is 7.00. The number of aryl methyl sites for hydroxylation is 4. The van der Waals surface area contributed by atoms with Crippen LogP contribution in [0.4, 0.5) is 0 Å². The van der Waals surface area contributed by atoms with Crippen molar-refractivity contribution in [2.45, 2.75) is 85.5 Å². The molecule has 2 bridgehead atoms. The summed E-state index contributed by atoms with van der Waals surface area (Å²) in [6.07, 6.45) is 9.81. The maximum atomic E-state index is 12.8. The van der Waals surface area contributed by atoms with Gasteiger partial charge in [-0.15, -0.1) is 0 Å². The molecule has 0 saturated carbocycles. The topological polar surface area (TPSA) is 58.6 Å². The second-order valence-electron chi connectivity index (χ2n) is 8.99. The van der Waals surface area contributed by atoms with Crippen LogP contribution < -0.4 is 43.5 Å². The van der Waals surface area contributed by atoms with E-state index in [2.05, 4.69) is 26.0 Å². The first kappa shape index (κ1) is 27.5. The first-order valence-electron chi connectivity index (χ1n) is 11.7. The smallest absolute Gasteiger partial charge is 0.736 e. The Kier molecular flexibility index (Phi) is 10.8. The molecule has 4 nitrogen and oxygen atoms in total. The number of fused-ring (bicyclic) bond motifs is 2. The Morgan fingerprint density at radius 2 is 1.81 bits per heavy atom. The van der Waals surface area contributed by atoms with Crippen molar-refractivity contribution in [2.75, 3.05) is 0 Å². The van der Waals surface area contributed by atoms with Crippen LogP contribution in [0.15, 0.2) is 30.3 Å². The monoisotopic (exact) mass is 466 g/mol. The molecule has 0 aliphatic heterocycles. The third-order valence-electron chi connectivity index (χ3n) is 6.18. The van der Waals surface area contributed by atoms with Crippen molar-refractivity contribution in [3.63, 3.8) is 0 Å². The molecular formula is C26H36NaO4P. The Bertz CT molecular complexity index is 944. The molecule has 3 rings (SSSR count). The molecule has 1 aliphatic rings. The zero-order valence-corrected chi connectivity index (χ0v) is 23.3. The second-order valence-corrected chi connectivity index (χ2v) is 10.2. The van der Waals surface area contributed by atoms with E-state index < -0.39 is 7.82 Å². The Morgan fingerprint density at radius 3 is 2.50 bits per heavy atom. The average molecular weight is 467 g/mol. The van der Waals surface area contributed by atoms with Crippen molar-refractivity contribution in [1.29, 1.82) is 0 Å². The van der Waals surface area contributed by atoms with Crippen LogP contribution in [0.1, 0.15) is 80.2 Å². The minimum atomic E-state index is -4.55. The number of unbranched alkanes of at least 4 members (excludes halogenated alkanes) is 2. The number of hydrogen-bond donors (Lipinski definition) is 0. The van der Waals surface area contributed by atoms with Gasteiger partial charge in [0.05, 0.1) is 0 Å². The molecule has 2 unspecified atom stereocenters. The van der Waals surface area contributed by atoms with Gasteiger partial charge in [-0.05, 0) is 85.8 Å². The molecule has 0 aromatic heterocycles. The first-order valence-corrected chi connectivity index (χ1v) is 13.2. The minimum Gasteiger partial charge on any atom is -0.736 e. The molecule has 2 aromatic rings. The van der Waals surface area contributed by atoms with Crippen LogP contribution in [0.5, 0.6) is 11.5 Å². The quantitative estimate of drug-likeness (QED) is 0.303. The van der Waals surface area contributed by atoms with Crippen molar-refractivity contribution in [1.82, 2.24) is 0 Å². The molecule has 2 aromatic carbocycles. The summed E-state index contributed by atoms with van der Waals surface area (Å²) in [7, 11) is -4.55. The summed E-state index contributed by atoms with van der Waals surface area (Å²) in [5.74, 6) is 1.42. The summed E-state index contributed by atoms with van der Waals surface area (Å²) in [6.45, 7) is 8.19. The van der Waals surface area contributed by atoms with Crippen LogP contribution in [0.2, 0.25) is 0 Å². The van der Waals surface area contributed by atoms with Gasteiger partial charge in [-0.3, -0.25) is 0 Å². The Hall–Kier alpha value is -0.770. The van der Waals surface area contributed by atoms with E-state index >= 15 is 0 Å². The number of rotatable bonds is 10. The van der Waals surface area contributed by atoms with Crippen LogP contribution in [-0.4, -0.2) is 0 Å². The predicted octanol–water partition coefficient (Wildman–Crippen LogP) is 3.87. The standard InChI is InChI=1S/C26H37O4P.Na/c1-5-7-8-10-22-12-14-25(19(3)15-22)29-31(27,28)30-26-20(4)16-23-17-21(9-6-2)11-13-24(26)18-23;/h12,14-16,18,21H,5-11,13,17H2,1-4H3,(H,27,28);/q;+1/p-1. The first-order chi connectivity index (χ1) is 14.8. The van der Waals surface area contributed by atoms with E-state index in [9.17, 15) is 9.46 Å². The van der Waals surface area contributed by atoms with Gasteiger partial charge in [0.2, 0.25) is 0 Å². The molecule has 0 amide bonds.